The Morgan fingerprint density at radius 2 is 1.36 bits per heavy atom. The van der Waals surface area contributed by atoms with Crippen molar-refractivity contribution in [1.82, 2.24) is 5.32 Å². The molecule has 26 atom stereocenters. The molecule has 1 spiro atoms. The second-order valence-corrected chi connectivity index (χ2v) is 21.8. The fourth-order valence-corrected chi connectivity index (χ4v) is 15.0. The quantitative estimate of drug-likeness (QED) is 0.165. The van der Waals surface area contributed by atoms with Crippen molar-refractivity contribution >= 4 is 0 Å². The first-order chi connectivity index (χ1) is 28.9. The van der Waals surface area contributed by atoms with Crippen LogP contribution in [0.3, 0.4) is 0 Å². The molecule has 15 nitrogen and oxygen atoms in total. The lowest BCUT2D eigenvalue weighted by Crippen LogP contribution is -2.66. The minimum atomic E-state index is -1.70. The van der Waals surface area contributed by atoms with E-state index in [0.717, 1.165) is 49.5 Å². The van der Waals surface area contributed by atoms with Crippen molar-refractivity contribution in [2.75, 3.05) is 13.2 Å². The number of hydrogen-bond acceptors (Lipinski definition) is 15. The lowest BCUT2D eigenvalue weighted by atomic mass is 9.46. The minimum Gasteiger partial charge on any atom is -0.394 e. The molecule has 9 aliphatic rings. The molecule has 0 bridgehead atoms. The molecule has 0 aromatic carbocycles. The minimum absolute atomic E-state index is 0.0361. The van der Waals surface area contributed by atoms with Crippen molar-refractivity contribution in [3.05, 3.63) is 11.6 Å². The molecule has 4 aliphatic heterocycles. The topological polar surface area (TPSA) is 229 Å². The normalized spacial score (nSPS) is 58.4. The van der Waals surface area contributed by atoms with E-state index in [4.69, 9.17) is 28.4 Å². The van der Waals surface area contributed by atoms with Crippen LogP contribution in [0.5, 0.6) is 0 Å². The van der Waals surface area contributed by atoms with Gasteiger partial charge in [-0.1, -0.05) is 39.3 Å². The van der Waals surface area contributed by atoms with E-state index in [2.05, 4.69) is 39.1 Å². The van der Waals surface area contributed by atoms with Crippen molar-refractivity contribution in [1.29, 1.82) is 0 Å². The standard InChI is InChI=1S/C46H75NO14/c1-20-9-14-46(47-18-20)17-24-15-29-27-8-7-25-16-26(10-12-44(25,5)28(27)11-13-45(29,6)31(24)21(46)2)58-43-40(61-42-37(54)35(52)33(50)23(4)57-42)38(55)39(30(19-48)59-43)60-41-36(53)34(51)32(49)22(3)56-41/h7,20-24,26-43,47-55H,8-19H2,1-6H3/t20-,21+,22?,23?,24?,26+,27?,28?,29?,30?,31?,32+,33+,34+,35+,36?,37?,38+,39-,40?,41+,42+,43-,44+,45+,46-/m1/s1. The van der Waals surface area contributed by atoms with Crippen LogP contribution in [0.1, 0.15) is 106 Å². The van der Waals surface area contributed by atoms with Crippen molar-refractivity contribution in [3.8, 4) is 0 Å². The van der Waals surface area contributed by atoms with E-state index in [-0.39, 0.29) is 11.5 Å². The number of allylic oxidation sites excluding steroid dienone is 1. The molecule has 4 saturated heterocycles. The molecule has 11 unspecified atom stereocenters. The molecule has 9 rings (SSSR count). The Hall–Kier alpha value is -0.860. The maximum absolute atomic E-state index is 12.0. The Morgan fingerprint density at radius 3 is 1.98 bits per heavy atom. The molecular weight excluding hydrogens is 790 g/mol. The average Bonchev–Trinajstić information content (AvgIpc) is 3.69. The summed E-state index contributed by atoms with van der Waals surface area (Å²) in [4.78, 5) is 0. The predicted molar refractivity (Wildman–Crippen MR) is 218 cm³/mol. The van der Waals surface area contributed by atoms with E-state index >= 15 is 0 Å². The molecule has 8 fully saturated rings. The number of ether oxygens (including phenoxy) is 6. The summed E-state index contributed by atoms with van der Waals surface area (Å²) in [7, 11) is 0. The molecule has 0 amide bonds. The van der Waals surface area contributed by atoms with Gasteiger partial charge in [-0.3, -0.25) is 0 Å². The van der Waals surface area contributed by atoms with Crippen LogP contribution in [0.2, 0.25) is 0 Å². The van der Waals surface area contributed by atoms with Crippen LogP contribution in [0, 0.1) is 52.3 Å². The summed E-state index contributed by atoms with van der Waals surface area (Å²) in [5, 5.41) is 90.0. The number of piperidine rings is 1. The highest BCUT2D eigenvalue weighted by molar-refractivity contribution is 5.27. The largest absolute Gasteiger partial charge is 0.394 e. The summed E-state index contributed by atoms with van der Waals surface area (Å²) in [6, 6.07) is 0. The molecule has 61 heavy (non-hydrogen) atoms. The molecule has 4 saturated carbocycles. The summed E-state index contributed by atoms with van der Waals surface area (Å²) >= 11 is 0. The van der Waals surface area contributed by atoms with Gasteiger partial charge in [0.25, 0.3) is 0 Å². The highest BCUT2D eigenvalue weighted by Gasteiger charge is 2.67. The zero-order valence-corrected chi connectivity index (χ0v) is 36.9. The Balaban J connectivity index is 0.916. The van der Waals surface area contributed by atoms with Gasteiger partial charge in [-0.05, 0) is 137 Å². The zero-order chi connectivity index (χ0) is 43.5. The van der Waals surface area contributed by atoms with E-state index in [0.29, 0.717) is 35.1 Å². The average molecular weight is 866 g/mol. The summed E-state index contributed by atoms with van der Waals surface area (Å²) < 4.78 is 36.7. The van der Waals surface area contributed by atoms with Gasteiger partial charge in [0.2, 0.25) is 0 Å². The summed E-state index contributed by atoms with van der Waals surface area (Å²) in [5.41, 5.74) is 2.11. The van der Waals surface area contributed by atoms with Gasteiger partial charge in [-0.2, -0.15) is 0 Å². The monoisotopic (exact) mass is 866 g/mol. The number of nitrogens with one attached hydrogen (secondary N) is 1. The van der Waals surface area contributed by atoms with Crippen LogP contribution in [0.25, 0.3) is 0 Å². The van der Waals surface area contributed by atoms with Crippen LogP contribution >= 0.6 is 0 Å². The first-order valence-electron chi connectivity index (χ1n) is 23.7. The Labute approximate surface area is 360 Å². The second-order valence-electron chi connectivity index (χ2n) is 21.8. The second kappa shape index (κ2) is 16.8. The predicted octanol–water partition coefficient (Wildman–Crippen LogP) is 1.48. The first-order valence-corrected chi connectivity index (χ1v) is 23.7. The number of aliphatic hydroxyl groups is 8. The molecule has 9 N–H and O–H groups in total. The van der Waals surface area contributed by atoms with Crippen LogP contribution in [-0.2, 0) is 28.4 Å². The third kappa shape index (κ3) is 7.44. The van der Waals surface area contributed by atoms with Gasteiger partial charge in [0.15, 0.2) is 18.9 Å². The molecule has 348 valence electrons. The summed E-state index contributed by atoms with van der Waals surface area (Å²) in [5.74, 6) is 5.00. The first kappa shape index (κ1) is 45.3. The van der Waals surface area contributed by atoms with Crippen molar-refractivity contribution in [3.63, 3.8) is 0 Å². The van der Waals surface area contributed by atoms with Gasteiger partial charge in [0.1, 0.15) is 61.0 Å². The van der Waals surface area contributed by atoms with Gasteiger partial charge in [0, 0.05) is 5.54 Å². The highest BCUT2D eigenvalue weighted by Crippen LogP contribution is 2.72. The number of aliphatic hydroxyl groups excluding tert-OH is 8. The van der Waals surface area contributed by atoms with E-state index in [1.165, 1.54) is 57.9 Å². The number of rotatable bonds is 7. The maximum atomic E-state index is 12.0. The fourth-order valence-electron chi connectivity index (χ4n) is 15.0. The fraction of sp³-hybridized carbons (Fsp3) is 0.957. The Kier molecular flexibility index (Phi) is 12.5. The SMILES string of the molecule is CC1O[C@@H](OC2[C@H](O[C@H]3CC[C@@]4(C)C(=CCC5C6CC7C[C@]8(CC[C@@H](C)CN8)[C@@H](C)C7[C@@]6(C)CCC54)C3)OC(CO)[C@@H](O[C@@H]3OC(C)[C@H](O)[C@H](O)C3O)[C@@H]2O)C(O)[C@@H](O)[C@H]1O. The van der Waals surface area contributed by atoms with Crippen LogP contribution < -0.4 is 5.32 Å². The lowest BCUT2D eigenvalue weighted by Gasteiger charge is -2.59. The molecule has 0 aromatic heterocycles. The Bertz CT molecular complexity index is 1600. The molecule has 4 heterocycles. The van der Waals surface area contributed by atoms with Crippen molar-refractivity contribution < 1.29 is 69.3 Å². The summed E-state index contributed by atoms with van der Waals surface area (Å²) in [6.07, 6.45) is -7.87. The van der Waals surface area contributed by atoms with Crippen molar-refractivity contribution in [2.45, 2.75) is 210 Å². The number of hydrogen-bond donors (Lipinski definition) is 9. The van der Waals surface area contributed by atoms with Crippen molar-refractivity contribution in [2.24, 2.45) is 52.3 Å². The van der Waals surface area contributed by atoms with E-state index in [9.17, 15) is 40.9 Å². The smallest absolute Gasteiger partial charge is 0.187 e. The van der Waals surface area contributed by atoms with Gasteiger partial charge in [-0.25, -0.2) is 0 Å². The molecule has 0 radical (unpaired) electrons. The van der Waals surface area contributed by atoms with Gasteiger partial charge >= 0.3 is 0 Å². The third-order valence-electron chi connectivity index (χ3n) is 18.6. The number of fused-ring (bicyclic) bond motifs is 7. The van der Waals surface area contributed by atoms with Crippen LogP contribution in [-0.4, -0.2) is 158 Å². The van der Waals surface area contributed by atoms with Crippen LogP contribution in [0.15, 0.2) is 11.6 Å². The maximum Gasteiger partial charge on any atom is 0.187 e. The summed E-state index contributed by atoms with van der Waals surface area (Å²) in [6.45, 7) is 13.6. The van der Waals surface area contributed by atoms with Gasteiger partial charge < -0.3 is 74.6 Å². The molecule has 5 aliphatic carbocycles. The van der Waals surface area contributed by atoms with E-state index in [1.807, 2.05) is 0 Å². The highest BCUT2D eigenvalue weighted by atomic mass is 16.8. The molecular formula is C46H75NO14. The Morgan fingerprint density at radius 1 is 0.705 bits per heavy atom. The zero-order valence-electron chi connectivity index (χ0n) is 36.9. The van der Waals surface area contributed by atoms with Crippen LogP contribution in [0.4, 0.5) is 0 Å². The van der Waals surface area contributed by atoms with E-state index < -0.39 is 98.7 Å². The van der Waals surface area contributed by atoms with Gasteiger partial charge in [-0.15, -0.1) is 0 Å². The molecule has 15 heteroatoms. The van der Waals surface area contributed by atoms with E-state index in [1.54, 1.807) is 0 Å². The van der Waals surface area contributed by atoms with Gasteiger partial charge in [0.05, 0.1) is 24.9 Å². The third-order valence-corrected chi connectivity index (χ3v) is 18.6. The lowest BCUT2D eigenvalue weighted by molar-refractivity contribution is -0.388. The molecule has 0 aromatic rings.